The number of allylic oxidation sites excluding steroid dienone is 1. The second kappa shape index (κ2) is 7.96. The van der Waals surface area contributed by atoms with E-state index in [2.05, 4.69) is 9.88 Å². The zero-order valence-electron chi connectivity index (χ0n) is 17.1. The highest BCUT2D eigenvalue weighted by Crippen LogP contribution is 2.44. The number of fused-ring (bicyclic) bond motifs is 3. The summed E-state index contributed by atoms with van der Waals surface area (Å²) >= 11 is 0. The molecule has 0 unspecified atom stereocenters. The molecule has 0 spiro atoms. The van der Waals surface area contributed by atoms with Crippen molar-refractivity contribution in [3.8, 4) is 11.5 Å². The number of hydrogen-bond donors (Lipinski definition) is 0. The van der Waals surface area contributed by atoms with Crippen molar-refractivity contribution in [2.45, 2.75) is 19.9 Å². The molecule has 5 nitrogen and oxygen atoms in total. The van der Waals surface area contributed by atoms with E-state index in [1.54, 1.807) is 30.6 Å². The Morgan fingerprint density at radius 2 is 2.06 bits per heavy atom. The monoisotopic (exact) mass is 416 g/mol. The van der Waals surface area contributed by atoms with E-state index in [-0.39, 0.29) is 11.6 Å². The lowest BCUT2D eigenvalue weighted by molar-refractivity contribution is 0.0949. The van der Waals surface area contributed by atoms with Crippen LogP contribution in [0.15, 0.2) is 60.6 Å². The van der Waals surface area contributed by atoms with E-state index in [9.17, 15) is 9.18 Å². The molecule has 5 rings (SSSR count). The molecular formula is C25H21FN2O3. The lowest BCUT2D eigenvalue weighted by atomic mass is 9.98. The average Bonchev–Trinajstić information content (AvgIpc) is 3.11. The summed E-state index contributed by atoms with van der Waals surface area (Å²) < 4.78 is 25.2. The molecule has 0 saturated heterocycles. The molecule has 0 atom stereocenters. The zero-order chi connectivity index (χ0) is 21.4. The summed E-state index contributed by atoms with van der Waals surface area (Å²) in [6, 6.07) is 12.2. The van der Waals surface area contributed by atoms with Crippen molar-refractivity contribution < 1.29 is 18.7 Å². The Balaban J connectivity index is 1.39. The Bertz CT molecular complexity index is 1170. The molecule has 31 heavy (non-hydrogen) atoms. The first-order chi connectivity index (χ1) is 15.1. The van der Waals surface area contributed by atoms with Gasteiger partial charge in [-0.15, -0.1) is 0 Å². The molecule has 3 aromatic rings. The number of nitrogens with zero attached hydrogens (tertiary/aromatic N) is 2. The Hall–Kier alpha value is -3.51. The van der Waals surface area contributed by atoms with Crippen LogP contribution in [-0.4, -0.2) is 28.9 Å². The number of pyridine rings is 1. The summed E-state index contributed by atoms with van der Waals surface area (Å²) in [5.74, 6) is 1.28. The van der Waals surface area contributed by atoms with Gasteiger partial charge in [-0.1, -0.05) is 18.2 Å². The molecule has 0 radical (unpaired) electrons. The standard InChI is InChI=1S/C25H21FN2O3/c1-16-11-21-20(14-28(15-30-21)10-8-17-4-6-19(26)7-5-17)25-23(16)24(29)22(31-25)12-18-3-2-9-27-13-18/h2-7,9,11-13H,8,10,14-15H2,1H3/b22-12+. The molecule has 0 N–H and O–H groups in total. The smallest absolute Gasteiger partial charge is 0.232 e. The highest BCUT2D eigenvalue weighted by Gasteiger charge is 2.35. The molecule has 2 aliphatic heterocycles. The van der Waals surface area contributed by atoms with Gasteiger partial charge in [-0.05, 0) is 60.4 Å². The minimum atomic E-state index is -0.234. The third-order valence-corrected chi connectivity index (χ3v) is 5.60. The number of carbonyl (C=O) groups is 1. The molecule has 3 heterocycles. The van der Waals surface area contributed by atoms with Gasteiger partial charge in [0.05, 0.1) is 11.1 Å². The van der Waals surface area contributed by atoms with Crippen LogP contribution in [0.5, 0.6) is 11.5 Å². The van der Waals surface area contributed by atoms with E-state index in [4.69, 9.17) is 9.47 Å². The van der Waals surface area contributed by atoms with Crippen LogP contribution >= 0.6 is 0 Å². The largest absolute Gasteiger partial charge is 0.478 e. The van der Waals surface area contributed by atoms with Crippen molar-refractivity contribution in [1.29, 1.82) is 0 Å². The van der Waals surface area contributed by atoms with Crippen LogP contribution in [0.2, 0.25) is 0 Å². The maximum atomic E-state index is 13.1. The maximum Gasteiger partial charge on any atom is 0.232 e. The maximum absolute atomic E-state index is 13.1. The molecular weight excluding hydrogens is 395 g/mol. The Morgan fingerprint density at radius 3 is 2.84 bits per heavy atom. The number of ether oxygens (including phenoxy) is 2. The van der Waals surface area contributed by atoms with Gasteiger partial charge in [0.25, 0.3) is 0 Å². The van der Waals surface area contributed by atoms with Gasteiger partial charge in [0.1, 0.15) is 24.0 Å². The SMILES string of the molecule is Cc1cc2c(c3c1C(=O)/C(=C\c1cccnc1)O3)CN(CCc1ccc(F)cc1)CO2. The number of Topliss-reactive ketones (excluding diaryl/α,β-unsaturated/α-hetero) is 1. The highest BCUT2D eigenvalue weighted by atomic mass is 19.1. The normalized spacial score (nSPS) is 16.6. The second-order valence-corrected chi connectivity index (χ2v) is 7.80. The fraction of sp³-hybridized carbons (Fsp3) is 0.200. The van der Waals surface area contributed by atoms with E-state index in [0.717, 1.165) is 41.0 Å². The van der Waals surface area contributed by atoms with Crippen molar-refractivity contribution in [3.63, 3.8) is 0 Å². The van der Waals surface area contributed by atoms with E-state index >= 15 is 0 Å². The van der Waals surface area contributed by atoms with Gasteiger partial charge >= 0.3 is 0 Å². The summed E-state index contributed by atoms with van der Waals surface area (Å²) in [7, 11) is 0. The van der Waals surface area contributed by atoms with E-state index in [1.165, 1.54) is 12.1 Å². The minimum Gasteiger partial charge on any atom is -0.478 e. The van der Waals surface area contributed by atoms with Crippen molar-refractivity contribution in [1.82, 2.24) is 9.88 Å². The highest BCUT2D eigenvalue weighted by molar-refractivity contribution is 6.15. The first kappa shape index (κ1) is 19.5. The lowest BCUT2D eigenvalue weighted by Gasteiger charge is -2.30. The van der Waals surface area contributed by atoms with E-state index in [0.29, 0.717) is 30.3 Å². The van der Waals surface area contributed by atoms with Gasteiger partial charge in [0.2, 0.25) is 5.78 Å². The van der Waals surface area contributed by atoms with Crippen LogP contribution in [0, 0.1) is 12.7 Å². The summed E-state index contributed by atoms with van der Waals surface area (Å²) in [6.45, 7) is 3.73. The third kappa shape index (κ3) is 3.82. The van der Waals surface area contributed by atoms with Gasteiger partial charge in [0, 0.05) is 25.5 Å². The first-order valence-electron chi connectivity index (χ1n) is 10.2. The molecule has 1 aromatic heterocycles. The number of hydrogen-bond acceptors (Lipinski definition) is 5. The van der Waals surface area contributed by atoms with E-state index < -0.39 is 0 Å². The number of aryl methyl sites for hydroxylation is 1. The topological polar surface area (TPSA) is 51.7 Å². The molecule has 0 aliphatic carbocycles. The molecule has 0 amide bonds. The molecule has 2 aromatic carbocycles. The van der Waals surface area contributed by atoms with Gasteiger partial charge in [0.15, 0.2) is 5.76 Å². The molecule has 156 valence electrons. The van der Waals surface area contributed by atoms with Crippen LogP contribution in [0.3, 0.4) is 0 Å². The Morgan fingerprint density at radius 1 is 1.23 bits per heavy atom. The van der Waals surface area contributed by atoms with Crippen molar-refractivity contribution in [3.05, 3.63) is 94.3 Å². The van der Waals surface area contributed by atoms with Gasteiger partial charge < -0.3 is 9.47 Å². The molecule has 6 heteroatoms. The molecule has 0 saturated carbocycles. The van der Waals surface area contributed by atoms with Gasteiger partial charge in [-0.25, -0.2) is 4.39 Å². The zero-order valence-corrected chi connectivity index (χ0v) is 17.1. The van der Waals surface area contributed by atoms with Crippen molar-refractivity contribution >= 4 is 11.9 Å². The summed E-state index contributed by atoms with van der Waals surface area (Å²) in [5, 5.41) is 0. The summed E-state index contributed by atoms with van der Waals surface area (Å²) in [6.07, 6.45) is 5.87. The van der Waals surface area contributed by atoms with Gasteiger partial charge in [-0.2, -0.15) is 0 Å². The molecule has 0 bridgehead atoms. The summed E-state index contributed by atoms with van der Waals surface area (Å²) in [4.78, 5) is 19.3. The Labute approximate surface area is 179 Å². The number of carbonyl (C=O) groups excluding carboxylic acids is 1. The number of ketones is 1. The summed E-state index contributed by atoms with van der Waals surface area (Å²) in [5.41, 5.74) is 4.19. The lowest BCUT2D eigenvalue weighted by Crippen LogP contribution is -2.33. The number of aromatic nitrogens is 1. The van der Waals surface area contributed by atoms with Crippen LogP contribution in [0.1, 0.15) is 32.6 Å². The fourth-order valence-corrected chi connectivity index (χ4v) is 3.97. The van der Waals surface area contributed by atoms with Crippen molar-refractivity contribution in [2.24, 2.45) is 0 Å². The predicted molar refractivity (Wildman–Crippen MR) is 114 cm³/mol. The van der Waals surface area contributed by atoms with E-state index in [1.807, 2.05) is 25.1 Å². The van der Waals surface area contributed by atoms with Crippen LogP contribution in [-0.2, 0) is 13.0 Å². The third-order valence-electron chi connectivity index (χ3n) is 5.60. The van der Waals surface area contributed by atoms with Crippen molar-refractivity contribution in [2.75, 3.05) is 13.3 Å². The minimum absolute atomic E-state index is 0.123. The second-order valence-electron chi connectivity index (χ2n) is 7.80. The Kier molecular flexibility index (Phi) is 5.00. The molecule has 0 fully saturated rings. The van der Waals surface area contributed by atoms with Crippen LogP contribution in [0.25, 0.3) is 6.08 Å². The molecule has 2 aliphatic rings. The first-order valence-corrected chi connectivity index (χ1v) is 10.2. The fourth-order valence-electron chi connectivity index (χ4n) is 3.97. The predicted octanol–water partition coefficient (Wildman–Crippen LogP) is 4.54. The number of rotatable bonds is 4. The van der Waals surface area contributed by atoms with Gasteiger partial charge in [-0.3, -0.25) is 14.7 Å². The van der Waals surface area contributed by atoms with Crippen LogP contribution < -0.4 is 9.47 Å². The quantitative estimate of drug-likeness (QED) is 0.585. The van der Waals surface area contributed by atoms with Crippen LogP contribution in [0.4, 0.5) is 4.39 Å². The number of benzene rings is 2. The number of halogens is 1. The average molecular weight is 416 g/mol.